The molecule has 182 valence electrons. The minimum absolute atomic E-state index is 0.0233. The molecule has 1 aromatic heterocycles. The van der Waals surface area contributed by atoms with Crippen molar-refractivity contribution in [3.8, 4) is 11.1 Å². The molecule has 0 aliphatic carbocycles. The molecule has 35 heavy (non-hydrogen) atoms. The molecule has 0 radical (unpaired) electrons. The molecule has 0 aliphatic heterocycles. The molecule has 4 nitrogen and oxygen atoms in total. The number of hydrogen-bond acceptors (Lipinski definition) is 2. The van der Waals surface area contributed by atoms with Gasteiger partial charge in [-0.15, -0.1) is 0 Å². The summed E-state index contributed by atoms with van der Waals surface area (Å²) in [4.78, 5) is 12.9. The van der Waals surface area contributed by atoms with Gasteiger partial charge < -0.3 is 0 Å². The highest BCUT2D eigenvalue weighted by Gasteiger charge is 2.15. The van der Waals surface area contributed by atoms with Crippen LogP contribution in [0.5, 0.6) is 0 Å². The van der Waals surface area contributed by atoms with Crippen molar-refractivity contribution in [1.82, 2.24) is 14.3 Å². The van der Waals surface area contributed by atoms with Gasteiger partial charge in [-0.1, -0.05) is 99.1 Å². The van der Waals surface area contributed by atoms with E-state index < -0.39 is 0 Å². The molecule has 0 aliphatic rings. The summed E-state index contributed by atoms with van der Waals surface area (Å²) in [7, 11) is 0. The van der Waals surface area contributed by atoms with Crippen LogP contribution in [0.15, 0.2) is 77.6 Å². The van der Waals surface area contributed by atoms with Gasteiger partial charge in [0.25, 0.3) is 0 Å². The molecular formula is C31H37N3O. The van der Waals surface area contributed by atoms with Gasteiger partial charge >= 0.3 is 5.69 Å². The second kappa shape index (κ2) is 10.5. The minimum Gasteiger partial charge on any atom is -0.279 e. The van der Waals surface area contributed by atoms with E-state index in [-0.39, 0.29) is 11.1 Å². The first-order chi connectivity index (χ1) is 16.7. The monoisotopic (exact) mass is 467 g/mol. The smallest absolute Gasteiger partial charge is 0.279 e. The van der Waals surface area contributed by atoms with Crippen LogP contribution < -0.4 is 5.69 Å². The Hall–Kier alpha value is -3.40. The summed E-state index contributed by atoms with van der Waals surface area (Å²) in [6.45, 7) is 11.9. The quantitative estimate of drug-likeness (QED) is 0.294. The SMILES string of the molecule is CCn1c(CCCc2ccc(-c3ccc(C)cc3)cc2)nn(Cc2ccc(C(C)(C)C)cc2)c1=O. The summed E-state index contributed by atoms with van der Waals surface area (Å²) in [6.07, 6.45) is 2.71. The van der Waals surface area contributed by atoms with Crippen molar-refractivity contribution in [3.05, 3.63) is 111 Å². The molecule has 0 saturated carbocycles. The van der Waals surface area contributed by atoms with Gasteiger partial charge in [0.2, 0.25) is 0 Å². The maximum absolute atomic E-state index is 12.9. The van der Waals surface area contributed by atoms with E-state index in [0.29, 0.717) is 13.1 Å². The lowest BCUT2D eigenvalue weighted by Crippen LogP contribution is -2.25. The van der Waals surface area contributed by atoms with Crippen molar-refractivity contribution in [1.29, 1.82) is 0 Å². The van der Waals surface area contributed by atoms with Gasteiger partial charge in [-0.25, -0.2) is 9.48 Å². The number of aryl methyl sites for hydroxylation is 3. The molecule has 1 heterocycles. The van der Waals surface area contributed by atoms with Crippen molar-refractivity contribution in [3.63, 3.8) is 0 Å². The Morgan fingerprint density at radius 2 is 1.34 bits per heavy atom. The molecule has 4 aromatic rings. The summed E-state index contributed by atoms with van der Waals surface area (Å²) in [5.41, 5.74) is 7.55. The fourth-order valence-corrected chi connectivity index (χ4v) is 4.44. The standard InChI is InChI=1S/C31H37N3O/c1-6-33-29(32-34(30(33)35)22-25-14-20-28(21-15-25)31(3,4)5)9-7-8-24-12-18-27(19-13-24)26-16-10-23(2)11-17-26/h10-21H,6-9,22H2,1-5H3. The van der Waals surface area contributed by atoms with Crippen LogP contribution in [-0.2, 0) is 31.3 Å². The zero-order valence-electron chi connectivity index (χ0n) is 21.7. The molecule has 4 rings (SSSR count). The number of benzene rings is 3. The fraction of sp³-hybridized carbons (Fsp3) is 0.355. The van der Waals surface area contributed by atoms with Crippen molar-refractivity contribution in [2.45, 2.75) is 72.4 Å². The van der Waals surface area contributed by atoms with Crippen LogP contribution in [0.3, 0.4) is 0 Å². The first-order valence-electron chi connectivity index (χ1n) is 12.7. The van der Waals surface area contributed by atoms with Gasteiger partial charge in [-0.05, 0) is 59.9 Å². The average Bonchev–Trinajstić information content (AvgIpc) is 3.13. The lowest BCUT2D eigenvalue weighted by atomic mass is 9.87. The molecule has 4 heteroatoms. The molecule has 0 spiro atoms. The van der Waals surface area contributed by atoms with E-state index in [1.54, 1.807) is 4.68 Å². The van der Waals surface area contributed by atoms with Gasteiger partial charge in [0.15, 0.2) is 0 Å². The van der Waals surface area contributed by atoms with Crippen molar-refractivity contribution in [2.24, 2.45) is 0 Å². The van der Waals surface area contributed by atoms with E-state index in [4.69, 9.17) is 5.10 Å². The van der Waals surface area contributed by atoms with E-state index in [1.807, 2.05) is 11.5 Å². The lowest BCUT2D eigenvalue weighted by Gasteiger charge is -2.19. The minimum atomic E-state index is -0.0233. The zero-order valence-corrected chi connectivity index (χ0v) is 21.7. The lowest BCUT2D eigenvalue weighted by molar-refractivity contribution is 0.588. The fourth-order valence-electron chi connectivity index (χ4n) is 4.44. The van der Waals surface area contributed by atoms with E-state index in [0.717, 1.165) is 30.7 Å². The highest BCUT2D eigenvalue weighted by Crippen LogP contribution is 2.23. The number of nitrogens with zero attached hydrogens (tertiary/aromatic N) is 3. The second-order valence-corrected chi connectivity index (χ2v) is 10.5. The second-order valence-electron chi connectivity index (χ2n) is 10.5. The molecule has 0 fully saturated rings. The Balaban J connectivity index is 1.39. The Labute approximate surface area is 209 Å². The van der Waals surface area contributed by atoms with Crippen LogP contribution >= 0.6 is 0 Å². The van der Waals surface area contributed by atoms with E-state index in [9.17, 15) is 4.79 Å². The summed E-state index contributed by atoms with van der Waals surface area (Å²) >= 11 is 0. The van der Waals surface area contributed by atoms with Crippen LogP contribution in [0.4, 0.5) is 0 Å². The van der Waals surface area contributed by atoms with Gasteiger partial charge in [-0.2, -0.15) is 5.10 Å². The predicted octanol–water partition coefficient (Wildman–Crippen LogP) is 6.56. The van der Waals surface area contributed by atoms with E-state index in [1.165, 1.54) is 27.8 Å². The Kier molecular flexibility index (Phi) is 7.39. The van der Waals surface area contributed by atoms with Crippen LogP contribution in [0, 0.1) is 6.92 Å². The molecule has 0 N–H and O–H groups in total. The van der Waals surface area contributed by atoms with Crippen molar-refractivity contribution < 1.29 is 0 Å². The van der Waals surface area contributed by atoms with Crippen LogP contribution in [0.1, 0.15) is 62.2 Å². The van der Waals surface area contributed by atoms with Gasteiger partial charge in [0, 0.05) is 13.0 Å². The first-order valence-corrected chi connectivity index (χ1v) is 12.7. The Morgan fingerprint density at radius 1 is 0.771 bits per heavy atom. The highest BCUT2D eigenvalue weighted by molar-refractivity contribution is 5.63. The van der Waals surface area contributed by atoms with Crippen LogP contribution in [-0.4, -0.2) is 14.3 Å². The molecule has 3 aromatic carbocycles. The summed E-state index contributed by atoms with van der Waals surface area (Å²) in [5, 5.41) is 4.71. The normalized spacial score (nSPS) is 11.7. The van der Waals surface area contributed by atoms with Crippen molar-refractivity contribution in [2.75, 3.05) is 0 Å². The molecule has 0 amide bonds. The van der Waals surface area contributed by atoms with Gasteiger partial charge in [0.05, 0.1) is 6.54 Å². The zero-order chi connectivity index (χ0) is 25.0. The maximum atomic E-state index is 12.9. The first kappa shape index (κ1) is 24.7. The number of rotatable bonds is 8. The van der Waals surface area contributed by atoms with E-state index >= 15 is 0 Å². The summed E-state index contributed by atoms with van der Waals surface area (Å²) in [6, 6.07) is 26.0. The summed E-state index contributed by atoms with van der Waals surface area (Å²) < 4.78 is 3.42. The number of hydrogen-bond donors (Lipinski definition) is 0. The average molecular weight is 468 g/mol. The van der Waals surface area contributed by atoms with E-state index in [2.05, 4.69) is 100 Å². The van der Waals surface area contributed by atoms with Crippen molar-refractivity contribution >= 4 is 0 Å². The third kappa shape index (κ3) is 6.00. The highest BCUT2D eigenvalue weighted by atomic mass is 16.2. The molecule has 0 atom stereocenters. The largest absolute Gasteiger partial charge is 0.346 e. The number of aromatic nitrogens is 3. The molecular weight excluding hydrogens is 430 g/mol. The third-order valence-corrected chi connectivity index (χ3v) is 6.67. The third-order valence-electron chi connectivity index (χ3n) is 6.67. The van der Waals surface area contributed by atoms with Crippen LogP contribution in [0.2, 0.25) is 0 Å². The molecule has 0 unspecified atom stereocenters. The Morgan fingerprint density at radius 3 is 1.91 bits per heavy atom. The van der Waals surface area contributed by atoms with Gasteiger partial charge in [-0.3, -0.25) is 4.57 Å². The van der Waals surface area contributed by atoms with Crippen LogP contribution in [0.25, 0.3) is 11.1 Å². The topological polar surface area (TPSA) is 39.8 Å². The Bertz CT molecular complexity index is 1300. The predicted molar refractivity (Wildman–Crippen MR) is 145 cm³/mol. The maximum Gasteiger partial charge on any atom is 0.346 e. The summed E-state index contributed by atoms with van der Waals surface area (Å²) in [5.74, 6) is 0.875. The van der Waals surface area contributed by atoms with Gasteiger partial charge in [0.1, 0.15) is 5.82 Å². The molecule has 0 bridgehead atoms. The molecule has 0 saturated heterocycles.